The summed E-state index contributed by atoms with van der Waals surface area (Å²) >= 11 is 0. The van der Waals surface area contributed by atoms with Gasteiger partial charge in [-0.1, -0.05) is 12.1 Å². The fourth-order valence-electron chi connectivity index (χ4n) is 1.22. The summed E-state index contributed by atoms with van der Waals surface area (Å²) in [5.74, 6) is 0. The maximum absolute atomic E-state index is 11.2. The number of para-hydroxylation sites is 2. The lowest BCUT2D eigenvalue weighted by Crippen LogP contribution is -1.86. The third-order valence-corrected chi connectivity index (χ3v) is 6.08. The predicted molar refractivity (Wildman–Crippen MR) is 59.4 cm³/mol. The van der Waals surface area contributed by atoms with E-state index in [9.17, 15) is 4.21 Å². The number of benzene rings is 1. The molecule has 70 valence electrons. The number of rotatable bonds is 0. The van der Waals surface area contributed by atoms with Crippen LogP contribution in [0.4, 0.5) is 0 Å². The van der Waals surface area contributed by atoms with Crippen molar-refractivity contribution in [3.05, 3.63) is 24.3 Å². The van der Waals surface area contributed by atoms with Crippen molar-refractivity contribution in [2.24, 2.45) is 0 Å². The second-order valence-corrected chi connectivity index (χ2v) is 7.66. The fourth-order valence-corrected chi connectivity index (χ4v) is 5.62. The van der Waals surface area contributed by atoms with E-state index >= 15 is 0 Å². The van der Waals surface area contributed by atoms with Gasteiger partial charge in [-0.05, 0) is 12.1 Å². The van der Waals surface area contributed by atoms with Crippen LogP contribution >= 0.6 is 21.6 Å². The molecule has 0 fully saturated rings. The molecular formula is C8H4N2OS3. The van der Waals surface area contributed by atoms with E-state index in [0.717, 1.165) is 21.1 Å². The molecule has 14 heavy (non-hydrogen) atoms. The Hall–Kier alpha value is -0.590. The second-order valence-electron chi connectivity index (χ2n) is 2.69. The summed E-state index contributed by atoms with van der Waals surface area (Å²) < 4.78 is 11.2. The number of hydrogen-bond acceptors (Lipinski definition) is 5. The minimum atomic E-state index is -0.959. The van der Waals surface area contributed by atoms with E-state index in [4.69, 9.17) is 0 Å². The van der Waals surface area contributed by atoms with Crippen molar-refractivity contribution in [1.29, 1.82) is 0 Å². The Bertz CT molecular complexity index is 497. The Morgan fingerprint density at radius 3 is 2.00 bits per heavy atom. The molecule has 0 N–H and O–H groups in total. The average molecular weight is 240 g/mol. The molecule has 0 radical (unpaired) electrons. The minimum absolute atomic E-state index is 0.784. The Kier molecular flexibility index (Phi) is 2.00. The molecule has 0 unspecified atom stereocenters. The van der Waals surface area contributed by atoms with Crippen LogP contribution in [0.15, 0.2) is 34.3 Å². The van der Waals surface area contributed by atoms with Crippen molar-refractivity contribution in [1.82, 2.24) is 9.97 Å². The lowest BCUT2D eigenvalue weighted by molar-refractivity contribution is 0.699. The van der Waals surface area contributed by atoms with Gasteiger partial charge in [0.1, 0.15) is 10.1 Å². The van der Waals surface area contributed by atoms with Crippen LogP contribution in [0, 0.1) is 0 Å². The van der Waals surface area contributed by atoms with E-state index in [1.807, 2.05) is 24.3 Å². The van der Waals surface area contributed by atoms with Gasteiger partial charge < -0.3 is 0 Å². The van der Waals surface area contributed by atoms with Crippen LogP contribution in [0.1, 0.15) is 0 Å². The maximum Gasteiger partial charge on any atom is 0.154 e. The highest BCUT2D eigenvalue weighted by Crippen LogP contribution is 2.44. The molecule has 0 amide bonds. The van der Waals surface area contributed by atoms with Crippen molar-refractivity contribution >= 4 is 41.5 Å². The quantitative estimate of drug-likeness (QED) is 0.661. The zero-order valence-electron chi connectivity index (χ0n) is 6.84. The van der Waals surface area contributed by atoms with Gasteiger partial charge in [0.05, 0.1) is 11.0 Å². The number of nitrogens with zero attached hydrogens (tertiary/aromatic N) is 2. The summed E-state index contributed by atoms with van der Waals surface area (Å²) in [6, 6.07) is 7.67. The average Bonchev–Trinajstić information content (AvgIpc) is 2.53. The highest BCUT2D eigenvalue weighted by Gasteiger charge is 2.23. The van der Waals surface area contributed by atoms with Crippen LogP contribution in [-0.4, -0.2) is 14.2 Å². The van der Waals surface area contributed by atoms with Gasteiger partial charge in [0.15, 0.2) is 8.86 Å². The van der Waals surface area contributed by atoms with Gasteiger partial charge in [0.25, 0.3) is 0 Å². The molecule has 2 heterocycles. The van der Waals surface area contributed by atoms with E-state index in [2.05, 4.69) is 9.97 Å². The second kappa shape index (κ2) is 3.22. The van der Waals surface area contributed by atoms with Crippen molar-refractivity contribution in [3.63, 3.8) is 0 Å². The molecule has 0 spiro atoms. The van der Waals surface area contributed by atoms with Gasteiger partial charge in [-0.2, -0.15) is 0 Å². The van der Waals surface area contributed by atoms with E-state index in [1.165, 1.54) is 21.6 Å². The lowest BCUT2D eigenvalue weighted by Gasteiger charge is -1.97. The SMILES string of the molecule is O=S1Sc2nc3ccccc3nc2S1. The smallest absolute Gasteiger partial charge is 0.154 e. The van der Waals surface area contributed by atoms with Crippen molar-refractivity contribution in [3.8, 4) is 0 Å². The molecule has 0 aliphatic carbocycles. The molecule has 1 aromatic carbocycles. The molecule has 3 rings (SSSR count). The third kappa shape index (κ3) is 1.34. The first-order chi connectivity index (χ1) is 6.83. The largest absolute Gasteiger partial charge is 0.236 e. The topological polar surface area (TPSA) is 42.9 Å². The molecule has 0 saturated heterocycles. The van der Waals surface area contributed by atoms with Crippen LogP contribution in [0.3, 0.4) is 0 Å². The molecule has 3 nitrogen and oxygen atoms in total. The molecule has 1 aromatic heterocycles. The summed E-state index contributed by atoms with van der Waals surface area (Å²) in [7, 11) is 1.58. The Balaban J connectivity index is 2.31. The van der Waals surface area contributed by atoms with Gasteiger partial charge in [0.2, 0.25) is 0 Å². The fraction of sp³-hybridized carbons (Fsp3) is 0. The van der Waals surface area contributed by atoms with Gasteiger partial charge in [-0.3, -0.25) is 0 Å². The standard InChI is InChI=1S/C8H4N2OS3/c11-14-12-7-8(13-14)10-6-4-2-1-3-5(6)9-7/h1-4H. The summed E-state index contributed by atoms with van der Waals surface area (Å²) in [4.78, 5) is 8.79. The Morgan fingerprint density at radius 1 is 1.00 bits per heavy atom. The first kappa shape index (κ1) is 8.70. The molecule has 1 aliphatic heterocycles. The molecular weight excluding hydrogens is 236 g/mol. The van der Waals surface area contributed by atoms with Crippen LogP contribution in [0.25, 0.3) is 11.0 Å². The molecule has 0 saturated carbocycles. The molecule has 2 aromatic rings. The lowest BCUT2D eigenvalue weighted by atomic mass is 10.3. The van der Waals surface area contributed by atoms with Crippen molar-refractivity contribution in [2.75, 3.05) is 0 Å². The number of aromatic nitrogens is 2. The number of hydrogen-bond donors (Lipinski definition) is 0. The summed E-state index contributed by atoms with van der Waals surface area (Å²) in [6.07, 6.45) is 0. The zero-order chi connectivity index (χ0) is 9.54. The highest BCUT2D eigenvalue weighted by molar-refractivity contribution is 9.03. The van der Waals surface area contributed by atoms with Crippen LogP contribution in [-0.2, 0) is 8.86 Å². The first-order valence-corrected chi connectivity index (χ1v) is 7.70. The van der Waals surface area contributed by atoms with Gasteiger partial charge in [-0.25, -0.2) is 14.2 Å². The Morgan fingerprint density at radius 2 is 1.50 bits per heavy atom. The molecule has 1 aliphatic rings. The molecule has 0 bridgehead atoms. The Labute approximate surface area is 90.0 Å². The van der Waals surface area contributed by atoms with E-state index < -0.39 is 8.86 Å². The predicted octanol–water partition coefficient (Wildman–Crippen LogP) is 2.41. The van der Waals surface area contributed by atoms with E-state index in [1.54, 1.807) is 0 Å². The van der Waals surface area contributed by atoms with Crippen molar-refractivity contribution in [2.45, 2.75) is 10.1 Å². The van der Waals surface area contributed by atoms with Crippen LogP contribution in [0.5, 0.6) is 0 Å². The maximum atomic E-state index is 11.2. The minimum Gasteiger partial charge on any atom is -0.236 e. The monoisotopic (exact) mass is 240 g/mol. The van der Waals surface area contributed by atoms with E-state index in [-0.39, 0.29) is 0 Å². The first-order valence-electron chi connectivity index (χ1n) is 3.88. The van der Waals surface area contributed by atoms with E-state index in [0.29, 0.717) is 0 Å². The van der Waals surface area contributed by atoms with Crippen LogP contribution < -0.4 is 0 Å². The summed E-state index contributed by atoms with van der Waals surface area (Å²) in [5, 5.41) is 1.57. The summed E-state index contributed by atoms with van der Waals surface area (Å²) in [6.45, 7) is 0. The van der Waals surface area contributed by atoms with Gasteiger partial charge in [0, 0.05) is 21.6 Å². The zero-order valence-corrected chi connectivity index (χ0v) is 9.29. The van der Waals surface area contributed by atoms with Crippen LogP contribution in [0.2, 0.25) is 0 Å². The molecule has 6 heteroatoms. The third-order valence-electron chi connectivity index (χ3n) is 1.80. The van der Waals surface area contributed by atoms with Gasteiger partial charge >= 0.3 is 0 Å². The van der Waals surface area contributed by atoms with Crippen molar-refractivity contribution < 1.29 is 4.21 Å². The van der Waals surface area contributed by atoms with Gasteiger partial charge in [-0.15, -0.1) is 0 Å². The summed E-state index contributed by atoms with van der Waals surface area (Å²) in [5.41, 5.74) is 1.72. The normalized spacial score (nSPS) is 16.0. The number of fused-ring (bicyclic) bond motifs is 2. The highest BCUT2D eigenvalue weighted by atomic mass is 33.5. The molecule has 0 atom stereocenters.